The first-order valence-electron chi connectivity index (χ1n) is 6.16. The second-order valence-corrected chi connectivity index (χ2v) is 5.30. The van der Waals surface area contributed by atoms with Crippen molar-refractivity contribution in [1.82, 2.24) is 0 Å². The van der Waals surface area contributed by atoms with Gasteiger partial charge in [0.1, 0.15) is 5.82 Å². The number of hydrogen-bond acceptors (Lipinski definition) is 1. The van der Waals surface area contributed by atoms with Crippen LogP contribution in [0.5, 0.6) is 0 Å². The summed E-state index contributed by atoms with van der Waals surface area (Å²) < 4.78 is 13.1. The third-order valence-electron chi connectivity index (χ3n) is 3.04. The predicted molar refractivity (Wildman–Crippen MR) is 76.0 cm³/mol. The third kappa shape index (κ3) is 3.55. The Balaban J connectivity index is 2.20. The van der Waals surface area contributed by atoms with Gasteiger partial charge in [0.25, 0.3) is 0 Å². The van der Waals surface area contributed by atoms with E-state index in [2.05, 4.69) is 6.07 Å². The standard InChI is InChI=1S/C16H16ClFO/c1-10-5-11(2)7-13(6-10)16(19)9-12-3-4-15(18)14(17)8-12/h3-8,16,19H,9H2,1-2H3. The molecular weight excluding hydrogens is 263 g/mol. The molecule has 3 heteroatoms. The van der Waals surface area contributed by atoms with Gasteiger partial charge in [-0.2, -0.15) is 0 Å². The summed E-state index contributed by atoms with van der Waals surface area (Å²) in [5.74, 6) is -0.439. The molecule has 0 fully saturated rings. The molecule has 19 heavy (non-hydrogen) atoms. The van der Waals surface area contributed by atoms with Crippen LogP contribution in [0, 0.1) is 19.7 Å². The van der Waals surface area contributed by atoms with E-state index in [-0.39, 0.29) is 5.02 Å². The predicted octanol–water partition coefficient (Wildman–Crippen LogP) is 4.37. The van der Waals surface area contributed by atoms with Crippen molar-refractivity contribution in [2.75, 3.05) is 0 Å². The number of aliphatic hydroxyl groups excluding tert-OH is 1. The Hall–Kier alpha value is -1.38. The van der Waals surface area contributed by atoms with E-state index in [4.69, 9.17) is 11.6 Å². The molecule has 2 rings (SSSR count). The second-order valence-electron chi connectivity index (χ2n) is 4.89. The van der Waals surface area contributed by atoms with E-state index in [1.165, 1.54) is 6.07 Å². The van der Waals surface area contributed by atoms with E-state index in [1.54, 1.807) is 12.1 Å². The molecule has 0 amide bonds. The molecule has 0 aliphatic rings. The summed E-state index contributed by atoms with van der Waals surface area (Å²) in [6.07, 6.45) is -0.191. The summed E-state index contributed by atoms with van der Waals surface area (Å²) in [6, 6.07) is 10.5. The smallest absolute Gasteiger partial charge is 0.141 e. The van der Waals surface area contributed by atoms with Crippen LogP contribution in [-0.4, -0.2) is 5.11 Å². The number of hydrogen-bond donors (Lipinski definition) is 1. The van der Waals surface area contributed by atoms with Gasteiger partial charge >= 0.3 is 0 Å². The Morgan fingerprint density at radius 3 is 2.32 bits per heavy atom. The van der Waals surface area contributed by atoms with Crippen molar-refractivity contribution in [1.29, 1.82) is 0 Å². The lowest BCUT2D eigenvalue weighted by molar-refractivity contribution is 0.178. The molecule has 1 N–H and O–H groups in total. The molecule has 1 unspecified atom stereocenters. The van der Waals surface area contributed by atoms with Crippen LogP contribution in [0.2, 0.25) is 5.02 Å². The SMILES string of the molecule is Cc1cc(C)cc(C(O)Cc2ccc(F)c(Cl)c2)c1. The number of aryl methyl sites for hydroxylation is 2. The molecule has 0 spiro atoms. The first-order chi connectivity index (χ1) is 8.95. The lowest BCUT2D eigenvalue weighted by Gasteiger charge is -2.13. The van der Waals surface area contributed by atoms with Gasteiger partial charge in [-0.15, -0.1) is 0 Å². The molecule has 0 aliphatic carbocycles. The molecule has 0 aromatic heterocycles. The Labute approximate surface area is 117 Å². The molecule has 0 heterocycles. The zero-order chi connectivity index (χ0) is 14.0. The minimum Gasteiger partial charge on any atom is -0.388 e. The Morgan fingerprint density at radius 1 is 1.11 bits per heavy atom. The molecule has 0 saturated heterocycles. The van der Waals surface area contributed by atoms with Crippen molar-refractivity contribution in [3.63, 3.8) is 0 Å². The third-order valence-corrected chi connectivity index (χ3v) is 3.33. The van der Waals surface area contributed by atoms with Gasteiger partial charge in [0.15, 0.2) is 0 Å². The van der Waals surface area contributed by atoms with Crippen molar-refractivity contribution in [3.8, 4) is 0 Å². The molecule has 1 nitrogen and oxygen atoms in total. The molecular formula is C16H16ClFO. The first kappa shape index (κ1) is 14.0. The van der Waals surface area contributed by atoms with Gasteiger partial charge in [-0.1, -0.05) is 47.0 Å². The number of aliphatic hydroxyl groups is 1. The van der Waals surface area contributed by atoms with Crippen LogP contribution in [-0.2, 0) is 6.42 Å². The van der Waals surface area contributed by atoms with E-state index >= 15 is 0 Å². The van der Waals surface area contributed by atoms with Crippen LogP contribution in [0.3, 0.4) is 0 Å². The molecule has 1 atom stereocenters. The van der Waals surface area contributed by atoms with E-state index in [9.17, 15) is 9.50 Å². The largest absolute Gasteiger partial charge is 0.388 e. The molecule has 2 aromatic carbocycles. The zero-order valence-corrected chi connectivity index (χ0v) is 11.7. The quantitative estimate of drug-likeness (QED) is 0.884. The van der Waals surface area contributed by atoms with E-state index in [0.717, 1.165) is 22.3 Å². The van der Waals surface area contributed by atoms with Crippen molar-refractivity contribution in [3.05, 3.63) is 69.5 Å². The normalized spacial score (nSPS) is 12.5. The van der Waals surface area contributed by atoms with Gasteiger partial charge in [-0.3, -0.25) is 0 Å². The Kier molecular flexibility index (Phi) is 4.23. The summed E-state index contributed by atoms with van der Waals surface area (Å²) >= 11 is 5.74. The number of halogens is 2. The van der Waals surface area contributed by atoms with Crippen molar-refractivity contribution in [2.45, 2.75) is 26.4 Å². The maximum absolute atomic E-state index is 13.1. The first-order valence-corrected chi connectivity index (χ1v) is 6.53. The lowest BCUT2D eigenvalue weighted by Crippen LogP contribution is -2.03. The van der Waals surface area contributed by atoms with Crippen LogP contribution in [0.4, 0.5) is 4.39 Å². The molecule has 100 valence electrons. The summed E-state index contributed by atoms with van der Waals surface area (Å²) in [5.41, 5.74) is 3.92. The van der Waals surface area contributed by atoms with Gasteiger partial charge in [-0.25, -0.2) is 4.39 Å². The van der Waals surface area contributed by atoms with Crippen LogP contribution < -0.4 is 0 Å². The van der Waals surface area contributed by atoms with Crippen LogP contribution in [0.15, 0.2) is 36.4 Å². The van der Waals surface area contributed by atoms with Crippen LogP contribution in [0.1, 0.15) is 28.4 Å². The van der Waals surface area contributed by atoms with Gasteiger partial charge < -0.3 is 5.11 Å². The fourth-order valence-electron chi connectivity index (χ4n) is 2.21. The van der Waals surface area contributed by atoms with Crippen LogP contribution in [0.25, 0.3) is 0 Å². The minimum atomic E-state index is -0.611. The summed E-state index contributed by atoms with van der Waals surface area (Å²) in [4.78, 5) is 0. The Morgan fingerprint density at radius 2 is 1.74 bits per heavy atom. The average molecular weight is 279 g/mol. The number of benzene rings is 2. The van der Waals surface area contributed by atoms with E-state index < -0.39 is 11.9 Å². The van der Waals surface area contributed by atoms with Gasteiger partial charge in [0, 0.05) is 6.42 Å². The van der Waals surface area contributed by atoms with Crippen molar-refractivity contribution >= 4 is 11.6 Å². The lowest BCUT2D eigenvalue weighted by atomic mass is 9.98. The fraction of sp³-hybridized carbons (Fsp3) is 0.250. The minimum absolute atomic E-state index is 0.0881. The summed E-state index contributed by atoms with van der Waals surface area (Å²) in [6.45, 7) is 4.00. The van der Waals surface area contributed by atoms with Gasteiger partial charge in [0.2, 0.25) is 0 Å². The van der Waals surface area contributed by atoms with Crippen LogP contribution >= 0.6 is 11.6 Å². The van der Waals surface area contributed by atoms with Crippen molar-refractivity contribution in [2.24, 2.45) is 0 Å². The van der Waals surface area contributed by atoms with E-state index in [1.807, 2.05) is 26.0 Å². The highest BCUT2D eigenvalue weighted by molar-refractivity contribution is 6.30. The second kappa shape index (κ2) is 5.72. The Bertz CT molecular complexity index is 575. The monoisotopic (exact) mass is 278 g/mol. The highest BCUT2D eigenvalue weighted by Crippen LogP contribution is 2.23. The molecule has 0 aliphatic heterocycles. The molecule has 2 aromatic rings. The molecule has 0 saturated carbocycles. The average Bonchev–Trinajstić information content (AvgIpc) is 2.32. The molecule has 0 radical (unpaired) electrons. The number of rotatable bonds is 3. The van der Waals surface area contributed by atoms with Gasteiger partial charge in [0.05, 0.1) is 11.1 Å². The highest BCUT2D eigenvalue weighted by Gasteiger charge is 2.11. The molecule has 0 bridgehead atoms. The maximum Gasteiger partial charge on any atom is 0.141 e. The highest BCUT2D eigenvalue weighted by atomic mass is 35.5. The zero-order valence-electron chi connectivity index (χ0n) is 11.0. The maximum atomic E-state index is 13.1. The summed E-state index contributed by atoms with van der Waals surface area (Å²) in [5, 5.41) is 10.3. The fourth-order valence-corrected chi connectivity index (χ4v) is 2.41. The van der Waals surface area contributed by atoms with E-state index in [0.29, 0.717) is 6.42 Å². The summed E-state index contributed by atoms with van der Waals surface area (Å²) in [7, 11) is 0. The van der Waals surface area contributed by atoms with Crippen molar-refractivity contribution < 1.29 is 9.50 Å². The van der Waals surface area contributed by atoms with Gasteiger partial charge in [-0.05, 0) is 37.1 Å². The topological polar surface area (TPSA) is 20.2 Å².